The fourth-order valence-electron chi connectivity index (χ4n) is 14.8. The Morgan fingerprint density at radius 2 is 1.28 bits per heavy atom. The highest BCUT2D eigenvalue weighted by atomic mass is 35.5. The summed E-state index contributed by atoms with van der Waals surface area (Å²) in [5.74, 6) is -13.9. The van der Waals surface area contributed by atoms with Crippen molar-refractivity contribution in [3.8, 4) is 62.9 Å². The first-order valence-corrected chi connectivity index (χ1v) is 40.6. The largest absolute Gasteiger partial charge is 0.508 e. The standard InChI is InChI=1S/C83H94Cl4N12O23/c1-35(2)21-52(91-4)76(109)98-67-70(105)40-11-17-56(49(86)24-40)118-58-26-42-27-59(74(58)122-83-75(73(108)72(107)60(32-89)120-83)121-62-31-51(69(104)36(3)117-62)93-33-37-7-13-44(14-8-37)116-34-38-9-15-47(84)48(85)22-38)119-57-18-12-41(25-50(57)87)71(106)68-82(115)97-66(78(111)92-20-6-5-19-88)46-28-43(100)29-55(102)63(46)45-23-39(10-16-54(45)101)64(79(112)99-68)96-80(113)65(42)95-77(110)53(30-61(90)103)94-81(67)114/h7-18,22-29,35-36,51-53,60,62,64-73,75,83,91,93,100-102,104-108H,5-6,19-21,30-34,88-89H2,1-4H3,(H2,90,103)(H,92,111)(H,94,114)(H,95,110)(H,96,113)(H,97,115)(H,98,109)(H,99,112)/t36?,51?,52-,53+,60?,62?,64?,65-,66+,67-,68+,69?,70-,71-,72?,73?,75?,83?/m1/s1. The van der Waals surface area contributed by atoms with E-state index in [1.807, 2.05) is 26.0 Å². The van der Waals surface area contributed by atoms with Crippen LogP contribution in [0.1, 0.15) is 122 Å². The third-order valence-electron chi connectivity index (χ3n) is 21.3. The van der Waals surface area contributed by atoms with Crippen LogP contribution >= 0.6 is 46.4 Å². The number of benzene rings is 7. The number of aromatic hydroxyl groups is 3. The lowest BCUT2D eigenvalue weighted by atomic mass is 9.89. The highest BCUT2D eigenvalue weighted by Crippen LogP contribution is 2.50. The third-order valence-corrected chi connectivity index (χ3v) is 22.6. The van der Waals surface area contributed by atoms with Crippen molar-refractivity contribution < 1.29 is 112 Å². The number of rotatable bonds is 23. The minimum Gasteiger partial charge on any atom is -0.508 e. The maximum atomic E-state index is 16.3. The van der Waals surface area contributed by atoms with Crippen molar-refractivity contribution in [2.75, 3.05) is 26.7 Å². The van der Waals surface area contributed by atoms with E-state index in [0.717, 1.165) is 65.7 Å². The number of halogens is 4. The zero-order valence-corrected chi connectivity index (χ0v) is 69.1. The Kier molecular flexibility index (Phi) is 29.6. The van der Waals surface area contributed by atoms with E-state index in [0.29, 0.717) is 28.6 Å². The molecule has 8 amide bonds. The highest BCUT2D eigenvalue weighted by Gasteiger charge is 2.51. The summed E-state index contributed by atoms with van der Waals surface area (Å²) in [6, 6.07) is 12.1. The minimum absolute atomic E-state index is 0.0241. The molecule has 7 aliphatic rings. The van der Waals surface area contributed by atoms with E-state index in [9.17, 15) is 55.2 Å². The number of hydrogen-bond acceptors (Lipinski definition) is 27. The summed E-state index contributed by atoms with van der Waals surface area (Å²) in [6.45, 7) is 5.35. The molecule has 0 spiro atoms. The van der Waals surface area contributed by atoms with Gasteiger partial charge in [0, 0.05) is 49.3 Å². The number of ether oxygens (including phenoxy) is 7. The number of aliphatic hydroxyl groups is 5. The predicted molar refractivity (Wildman–Crippen MR) is 440 cm³/mol. The fourth-order valence-corrected chi connectivity index (χ4v) is 15.5. The molecule has 7 aromatic carbocycles. The number of primary amides is 1. The van der Waals surface area contributed by atoms with E-state index in [1.54, 1.807) is 37.3 Å². The molecule has 11 bridgehead atoms. The average molecular weight is 1770 g/mol. The summed E-state index contributed by atoms with van der Waals surface area (Å²) >= 11 is 26.8. The van der Waals surface area contributed by atoms with Crippen molar-refractivity contribution in [2.24, 2.45) is 23.1 Å². The van der Waals surface area contributed by atoms with E-state index < -0.39 is 221 Å². The molecule has 2 saturated heterocycles. The Morgan fingerprint density at radius 3 is 1.92 bits per heavy atom. The molecule has 0 saturated carbocycles. The summed E-state index contributed by atoms with van der Waals surface area (Å²) < 4.78 is 45.7. The zero-order valence-electron chi connectivity index (χ0n) is 66.0. The first-order chi connectivity index (χ1) is 58.2. The van der Waals surface area contributed by atoms with Gasteiger partial charge in [0.25, 0.3) is 0 Å². The third kappa shape index (κ3) is 21.1. The number of phenols is 3. The lowest BCUT2D eigenvalue weighted by Gasteiger charge is -2.45. The lowest BCUT2D eigenvalue weighted by Crippen LogP contribution is -2.63. The normalized spacial score (nSPS) is 25.7. The maximum absolute atomic E-state index is 16.3. The van der Waals surface area contributed by atoms with E-state index >= 15 is 24.0 Å². The summed E-state index contributed by atoms with van der Waals surface area (Å²) in [6.07, 6.45) is -17.1. The van der Waals surface area contributed by atoms with Crippen molar-refractivity contribution in [1.82, 2.24) is 47.9 Å². The van der Waals surface area contributed by atoms with Crippen molar-refractivity contribution in [2.45, 2.75) is 176 Å². The number of carbonyl (C=O) groups excluding carboxylic acids is 8. The average Bonchev–Trinajstić information content (AvgIpc) is 0.753. The minimum atomic E-state index is -2.34. The fraction of sp³-hybridized carbons (Fsp3) is 0.398. The summed E-state index contributed by atoms with van der Waals surface area (Å²) in [5.41, 5.74) is 17.1. The second kappa shape index (κ2) is 39.8. The molecule has 0 aliphatic carbocycles. The molecule has 2 fully saturated rings. The lowest BCUT2D eigenvalue weighted by molar-refractivity contribution is -0.327. The first kappa shape index (κ1) is 90.8. The molecular weight excluding hydrogens is 1670 g/mol. The first-order valence-electron chi connectivity index (χ1n) is 39.1. The number of carbonyl (C=O) groups is 8. The van der Waals surface area contributed by atoms with Gasteiger partial charge in [-0.3, -0.25) is 38.4 Å². The van der Waals surface area contributed by atoms with Crippen molar-refractivity contribution in [1.29, 1.82) is 0 Å². The van der Waals surface area contributed by atoms with Gasteiger partial charge in [-0.1, -0.05) is 96.6 Å². The number of hydrogen-bond donors (Lipinski definition) is 20. The Hall–Kier alpha value is -10.4. The van der Waals surface area contributed by atoms with Crippen LogP contribution in [0.4, 0.5) is 0 Å². The molecule has 7 aliphatic heterocycles. The molecule has 35 nitrogen and oxygen atoms in total. The zero-order chi connectivity index (χ0) is 87.8. The quantitative estimate of drug-likeness (QED) is 0.0400. The van der Waals surface area contributed by atoms with Crippen LogP contribution in [0.25, 0.3) is 11.1 Å². The van der Waals surface area contributed by atoms with Crippen molar-refractivity contribution >= 4 is 93.7 Å². The molecule has 122 heavy (non-hydrogen) atoms. The van der Waals surface area contributed by atoms with Gasteiger partial charge in [0.15, 0.2) is 23.9 Å². The topological polar surface area (TPSA) is 549 Å². The molecule has 18 atom stereocenters. The predicted octanol–water partition coefficient (Wildman–Crippen LogP) is 4.17. The molecule has 10 unspecified atom stereocenters. The molecule has 7 heterocycles. The molecule has 14 rings (SSSR count). The molecule has 23 N–H and O–H groups in total. The molecule has 0 radical (unpaired) electrons. The van der Waals surface area contributed by atoms with E-state index in [2.05, 4.69) is 47.9 Å². The number of unbranched alkanes of at least 4 members (excludes halogenated alkanes) is 1. The summed E-state index contributed by atoms with van der Waals surface area (Å²) in [7, 11) is 1.49. The van der Waals surface area contributed by atoms with Gasteiger partial charge >= 0.3 is 0 Å². The van der Waals surface area contributed by atoms with Gasteiger partial charge in [0.1, 0.15) is 108 Å². The van der Waals surface area contributed by atoms with Gasteiger partial charge in [0.05, 0.1) is 44.8 Å². The van der Waals surface area contributed by atoms with Gasteiger partial charge in [-0.05, 0) is 164 Å². The Morgan fingerprint density at radius 1 is 0.631 bits per heavy atom. The van der Waals surface area contributed by atoms with Gasteiger partial charge in [-0.25, -0.2) is 0 Å². The molecular formula is C83H94Cl4N12O23. The van der Waals surface area contributed by atoms with E-state index in [1.165, 1.54) is 31.3 Å². The number of aliphatic hydroxyl groups excluding tert-OH is 5. The number of nitrogens with two attached hydrogens (primary N) is 3. The second-order valence-corrected chi connectivity index (χ2v) is 32.1. The Bertz CT molecular complexity index is 5060. The van der Waals surface area contributed by atoms with Crippen LogP contribution in [0.2, 0.25) is 20.1 Å². The van der Waals surface area contributed by atoms with E-state index in [-0.39, 0.29) is 89.3 Å². The number of nitrogens with one attached hydrogen (secondary N) is 9. The van der Waals surface area contributed by atoms with Gasteiger partial charge in [0.2, 0.25) is 59.3 Å². The number of likely N-dealkylation sites (N-methyl/N-ethyl adjacent to an activating group) is 1. The van der Waals surface area contributed by atoms with Gasteiger partial charge in [-0.2, -0.15) is 0 Å². The number of amides is 8. The molecule has 7 aromatic rings. The van der Waals surface area contributed by atoms with Crippen LogP contribution in [0.15, 0.2) is 121 Å². The molecule has 0 aromatic heterocycles. The Labute approximate surface area is 718 Å². The van der Waals surface area contributed by atoms with Crippen LogP contribution in [-0.4, -0.2) is 194 Å². The van der Waals surface area contributed by atoms with Gasteiger partial charge in [-0.15, -0.1) is 0 Å². The van der Waals surface area contributed by atoms with Crippen LogP contribution in [0.5, 0.6) is 51.7 Å². The molecule has 39 heteroatoms. The van der Waals surface area contributed by atoms with Crippen molar-refractivity contribution in [3.63, 3.8) is 0 Å². The number of fused-ring (bicyclic) bond motifs is 15. The maximum Gasteiger partial charge on any atom is 0.248 e. The smallest absolute Gasteiger partial charge is 0.248 e. The number of phenolic OH excluding ortho intramolecular Hbond substituents is 3. The second-order valence-electron chi connectivity index (χ2n) is 30.5. The van der Waals surface area contributed by atoms with Gasteiger partial charge < -0.3 is 139 Å². The van der Waals surface area contributed by atoms with Crippen LogP contribution in [0, 0.1) is 5.92 Å². The molecule has 652 valence electrons. The van der Waals surface area contributed by atoms with Crippen LogP contribution in [0.3, 0.4) is 0 Å². The van der Waals surface area contributed by atoms with Crippen LogP contribution < -0.4 is 84.0 Å². The van der Waals surface area contributed by atoms with Crippen LogP contribution in [-0.2, 0) is 65.7 Å². The summed E-state index contributed by atoms with van der Waals surface area (Å²) in [4.78, 5) is 120. The SMILES string of the molecule is CN[C@H](CC(C)C)C(=O)N[C@H]1C(=O)N[C@@H](CC(N)=O)C(=O)N[C@H]2C(=O)NC3C(=O)N[C@H](C(=O)N[C@H](C(=O)NCCCCN)c4cc(O)cc(O)c4-c4cc3ccc4O)[C@H](O)c3ccc(c(Cl)c3)Oc3cc2cc(c3OC2OC(CN)C(O)C(O)C2OC2CC(NCc3ccc(OCc4ccc(Cl)c(Cl)c4)cc3)C(O)C(C)O2)Oc2ccc(cc2Cl)[C@H]1O. The van der Waals surface area contributed by atoms with E-state index in [4.69, 9.17) is 96.8 Å². The van der Waals surface area contributed by atoms with Crippen molar-refractivity contribution in [3.05, 3.63) is 180 Å². The monoisotopic (exact) mass is 1770 g/mol. The Balaban J connectivity index is 1.01. The highest BCUT2D eigenvalue weighted by molar-refractivity contribution is 6.42. The summed E-state index contributed by atoms with van der Waals surface area (Å²) in [5, 5.41) is 120.